The molecule has 1 aliphatic heterocycles. The normalized spacial score (nSPS) is 25.4. The van der Waals surface area contributed by atoms with E-state index in [4.69, 9.17) is 5.26 Å². The fourth-order valence-corrected chi connectivity index (χ4v) is 4.86. The maximum atomic E-state index is 13.6. The smallest absolute Gasteiger partial charge is 0.234 e. The van der Waals surface area contributed by atoms with Crippen molar-refractivity contribution in [1.29, 1.82) is 5.26 Å². The summed E-state index contributed by atoms with van der Waals surface area (Å²) in [7, 11) is 3.89. The van der Waals surface area contributed by atoms with E-state index in [2.05, 4.69) is 18.2 Å². The Morgan fingerprint density at radius 2 is 1.29 bits per heavy atom. The molecule has 2 aromatic carbocycles. The molecule has 0 radical (unpaired) electrons. The molecule has 0 saturated carbocycles. The molecule has 31 heavy (non-hydrogen) atoms. The number of fused-ring (bicyclic) bond motifs is 1. The van der Waals surface area contributed by atoms with Gasteiger partial charge in [-0.05, 0) is 11.1 Å². The zero-order valence-corrected chi connectivity index (χ0v) is 18.0. The van der Waals surface area contributed by atoms with Crippen LogP contribution in [0.5, 0.6) is 0 Å². The van der Waals surface area contributed by atoms with E-state index in [0.717, 1.165) is 11.1 Å². The molecule has 1 saturated heterocycles. The average Bonchev–Trinajstić information content (AvgIpc) is 3.03. The van der Waals surface area contributed by atoms with Crippen LogP contribution in [0.1, 0.15) is 23.0 Å². The highest BCUT2D eigenvalue weighted by Gasteiger charge is 2.55. The molecule has 0 spiro atoms. The zero-order chi connectivity index (χ0) is 22.0. The highest BCUT2D eigenvalue weighted by atomic mass is 16.2. The van der Waals surface area contributed by atoms with Crippen molar-refractivity contribution >= 4 is 11.8 Å². The van der Waals surface area contributed by atoms with Crippen LogP contribution in [0.4, 0.5) is 0 Å². The number of likely N-dealkylation sites (N-methyl/N-ethyl adjacent to an activating group) is 1. The van der Waals surface area contributed by atoms with Gasteiger partial charge in [-0.3, -0.25) is 14.5 Å². The molecule has 1 heterocycles. The fraction of sp³-hybridized carbons (Fsp3) is 0.346. The first-order valence-corrected chi connectivity index (χ1v) is 10.8. The van der Waals surface area contributed by atoms with Gasteiger partial charge in [0.05, 0.1) is 39.0 Å². The lowest BCUT2D eigenvalue weighted by Crippen LogP contribution is -2.47. The summed E-state index contributed by atoms with van der Waals surface area (Å²) in [6, 6.07) is 22.1. The number of imide groups is 1. The van der Waals surface area contributed by atoms with Crippen LogP contribution in [0.15, 0.2) is 72.8 Å². The molecule has 0 unspecified atom stereocenters. The number of rotatable bonds is 6. The average molecular weight is 415 g/mol. The molecule has 0 N–H and O–H groups in total. The van der Waals surface area contributed by atoms with Gasteiger partial charge < -0.3 is 4.48 Å². The van der Waals surface area contributed by atoms with Crippen LogP contribution in [0.2, 0.25) is 0 Å². The molecule has 4 rings (SSSR count). The van der Waals surface area contributed by atoms with Crippen molar-refractivity contribution in [3.8, 4) is 6.07 Å². The number of carbonyl (C=O) groups excluding carboxylic acids is 2. The van der Waals surface area contributed by atoms with Crippen molar-refractivity contribution in [2.24, 2.45) is 11.8 Å². The van der Waals surface area contributed by atoms with E-state index < -0.39 is 11.8 Å². The number of hydrogen-bond donors (Lipinski definition) is 0. The van der Waals surface area contributed by atoms with Gasteiger partial charge in [-0.25, -0.2) is 0 Å². The Hall–Kier alpha value is -3.23. The van der Waals surface area contributed by atoms with E-state index in [1.165, 1.54) is 4.90 Å². The topological polar surface area (TPSA) is 61.2 Å². The highest BCUT2D eigenvalue weighted by molar-refractivity contribution is 6.06. The van der Waals surface area contributed by atoms with Crippen LogP contribution in [0.25, 0.3) is 0 Å². The first-order chi connectivity index (χ1) is 14.9. The lowest BCUT2D eigenvalue weighted by Gasteiger charge is -2.32. The van der Waals surface area contributed by atoms with E-state index in [9.17, 15) is 9.59 Å². The van der Waals surface area contributed by atoms with Crippen molar-refractivity contribution in [2.75, 3.05) is 33.7 Å². The minimum Gasteiger partial charge on any atom is -0.315 e. The Morgan fingerprint density at radius 1 is 0.839 bits per heavy atom. The molecule has 2 aliphatic rings. The quantitative estimate of drug-likeness (QED) is 0.315. The maximum absolute atomic E-state index is 13.6. The van der Waals surface area contributed by atoms with Gasteiger partial charge in [-0.2, -0.15) is 5.26 Å². The third kappa shape index (κ3) is 4.04. The van der Waals surface area contributed by atoms with Crippen LogP contribution >= 0.6 is 0 Å². The maximum Gasteiger partial charge on any atom is 0.234 e. The third-order valence-electron chi connectivity index (χ3n) is 6.59. The molecule has 1 aliphatic carbocycles. The number of nitriles is 1. The molecule has 0 bridgehead atoms. The third-order valence-corrected chi connectivity index (χ3v) is 6.59. The van der Waals surface area contributed by atoms with Crippen molar-refractivity contribution in [3.05, 3.63) is 83.9 Å². The van der Waals surface area contributed by atoms with Crippen LogP contribution in [-0.2, 0) is 9.59 Å². The number of quaternary nitrogens is 1. The van der Waals surface area contributed by atoms with E-state index in [1.807, 2.05) is 74.8 Å². The van der Waals surface area contributed by atoms with Gasteiger partial charge in [0, 0.05) is 11.8 Å². The summed E-state index contributed by atoms with van der Waals surface area (Å²) in [5.74, 6) is -1.23. The lowest BCUT2D eigenvalue weighted by atomic mass is 9.68. The Morgan fingerprint density at radius 3 is 1.71 bits per heavy atom. The summed E-state index contributed by atoms with van der Waals surface area (Å²) in [4.78, 5) is 28.6. The molecule has 1 fully saturated rings. The van der Waals surface area contributed by atoms with Crippen molar-refractivity contribution in [1.82, 2.24) is 4.90 Å². The van der Waals surface area contributed by atoms with Crippen molar-refractivity contribution in [2.45, 2.75) is 11.8 Å². The largest absolute Gasteiger partial charge is 0.315 e. The molecule has 5 heteroatoms. The molecular weight excluding hydrogens is 386 g/mol. The monoisotopic (exact) mass is 414 g/mol. The van der Waals surface area contributed by atoms with Gasteiger partial charge >= 0.3 is 0 Å². The Bertz CT molecular complexity index is 956. The first kappa shape index (κ1) is 21.0. The number of likely N-dealkylation sites (tertiary alicyclic amines) is 1. The van der Waals surface area contributed by atoms with E-state index in [0.29, 0.717) is 24.1 Å². The fourth-order valence-electron chi connectivity index (χ4n) is 4.86. The summed E-state index contributed by atoms with van der Waals surface area (Å²) < 4.78 is 0.450. The van der Waals surface area contributed by atoms with Crippen molar-refractivity contribution < 1.29 is 14.1 Å². The SMILES string of the molecule is C[N+](C)(CC#N)CCN1C(=O)[C@@H]2[C@@H](C1=O)[C@H](c1ccccc1)C=C[C@@H]2c1ccccc1. The van der Waals surface area contributed by atoms with Gasteiger partial charge in [0.15, 0.2) is 6.54 Å². The summed E-state index contributed by atoms with van der Waals surface area (Å²) in [5, 5.41) is 9.07. The van der Waals surface area contributed by atoms with Crippen molar-refractivity contribution in [3.63, 3.8) is 0 Å². The molecule has 5 nitrogen and oxygen atoms in total. The molecule has 0 aromatic heterocycles. The number of amides is 2. The van der Waals surface area contributed by atoms with Crippen LogP contribution in [0, 0.1) is 23.2 Å². The zero-order valence-electron chi connectivity index (χ0n) is 18.0. The van der Waals surface area contributed by atoms with Gasteiger partial charge in [-0.1, -0.05) is 72.8 Å². The van der Waals surface area contributed by atoms with Crippen LogP contribution in [0.3, 0.4) is 0 Å². The summed E-state index contributed by atoms with van der Waals surface area (Å²) in [5.41, 5.74) is 2.12. The minimum atomic E-state index is -0.406. The second kappa shape index (κ2) is 8.49. The predicted octanol–water partition coefficient (Wildman–Crippen LogP) is 3.32. The van der Waals surface area contributed by atoms with Gasteiger partial charge in [0.25, 0.3) is 0 Å². The Kier molecular flexibility index (Phi) is 5.75. The van der Waals surface area contributed by atoms with Crippen LogP contribution in [-0.4, -0.2) is 54.9 Å². The number of nitrogens with zero attached hydrogens (tertiary/aromatic N) is 3. The Labute approximate surface area is 183 Å². The minimum absolute atomic E-state index is 0.0916. The van der Waals surface area contributed by atoms with E-state index >= 15 is 0 Å². The van der Waals surface area contributed by atoms with Gasteiger partial charge in [0.2, 0.25) is 11.8 Å². The number of allylic oxidation sites excluding steroid dienone is 2. The molecule has 158 valence electrons. The highest BCUT2D eigenvalue weighted by Crippen LogP contribution is 2.49. The summed E-state index contributed by atoms with van der Waals surface area (Å²) >= 11 is 0. The predicted molar refractivity (Wildman–Crippen MR) is 119 cm³/mol. The first-order valence-electron chi connectivity index (χ1n) is 10.8. The summed E-state index contributed by atoms with van der Waals surface area (Å²) in [6.07, 6.45) is 4.22. The van der Waals surface area contributed by atoms with Gasteiger partial charge in [-0.15, -0.1) is 0 Å². The number of benzene rings is 2. The molecule has 4 atom stereocenters. The van der Waals surface area contributed by atoms with Gasteiger partial charge in [0.1, 0.15) is 6.07 Å². The summed E-state index contributed by atoms with van der Waals surface area (Å²) in [6.45, 7) is 1.23. The standard InChI is InChI=1S/C26H28N3O2/c1-29(2,17-15-27)18-16-28-25(30)23-21(19-9-5-3-6-10-19)13-14-22(24(23)26(28)31)20-11-7-4-8-12-20/h3-14,21-24H,16-18H2,1-2H3/q+1/t21-,22+,23-,24-/m0/s1. The second-order valence-electron chi connectivity index (χ2n) is 9.11. The molecule has 2 amide bonds. The second-order valence-corrected chi connectivity index (χ2v) is 9.11. The van der Waals surface area contributed by atoms with E-state index in [1.54, 1.807) is 0 Å². The number of carbonyl (C=O) groups is 2. The van der Waals surface area contributed by atoms with E-state index in [-0.39, 0.29) is 23.7 Å². The molecule has 2 aromatic rings. The molecular formula is C26H28N3O2+. The van der Waals surface area contributed by atoms with Crippen LogP contribution < -0.4 is 0 Å². The Balaban J connectivity index is 1.69. The lowest BCUT2D eigenvalue weighted by molar-refractivity contribution is -0.882. The number of hydrogen-bond acceptors (Lipinski definition) is 3.